The van der Waals surface area contributed by atoms with E-state index in [2.05, 4.69) is 15.3 Å². The lowest BCUT2D eigenvalue weighted by atomic mass is 10.2. The molecule has 0 aliphatic carbocycles. The van der Waals surface area contributed by atoms with Crippen molar-refractivity contribution in [3.8, 4) is 0 Å². The van der Waals surface area contributed by atoms with Gasteiger partial charge < -0.3 is 5.32 Å². The molecule has 29 heavy (non-hydrogen) atoms. The van der Waals surface area contributed by atoms with E-state index in [0.29, 0.717) is 34.2 Å². The Morgan fingerprint density at radius 1 is 1.10 bits per heavy atom. The van der Waals surface area contributed by atoms with Gasteiger partial charge in [-0.3, -0.25) is 14.2 Å². The van der Waals surface area contributed by atoms with E-state index in [0.717, 1.165) is 10.2 Å². The van der Waals surface area contributed by atoms with E-state index in [1.807, 2.05) is 56.3 Å². The van der Waals surface area contributed by atoms with Crippen molar-refractivity contribution in [2.45, 2.75) is 37.2 Å². The summed E-state index contributed by atoms with van der Waals surface area (Å²) >= 11 is 2.77. The number of carbonyl (C=O) groups is 1. The van der Waals surface area contributed by atoms with Crippen LogP contribution in [-0.2, 0) is 11.3 Å². The van der Waals surface area contributed by atoms with Crippen LogP contribution in [-0.4, -0.2) is 25.7 Å². The van der Waals surface area contributed by atoms with Crippen LogP contribution >= 0.6 is 23.1 Å². The molecule has 0 radical (unpaired) electrons. The molecule has 0 aliphatic heterocycles. The zero-order valence-electron chi connectivity index (χ0n) is 16.1. The normalized spacial score (nSPS) is 12.3. The SMILES string of the molecule is CCC(Sc1nc2ccccc2c(=O)n1CC)C(=O)Nc1nc2ccccc2s1. The molecule has 2 aromatic carbocycles. The molecule has 0 saturated carbocycles. The van der Waals surface area contributed by atoms with Crippen LogP contribution < -0.4 is 10.9 Å². The highest BCUT2D eigenvalue weighted by atomic mass is 32.2. The average molecular weight is 425 g/mol. The van der Waals surface area contributed by atoms with Crippen LogP contribution in [0.25, 0.3) is 21.1 Å². The first-order chi connectivity index (χ1) is 14.1. The molecule has 4 aromatic rings. The number of nitrogens with zero attached hydrogens (tertiary/aromatic N) is 3. The van der Waals surface area contributed by atoms with E-state index in [-0.39, 0.29) is 16.7 Å². The number of hydrogen-bond acceptors (Lipinski definition) is 6. The molecule has 1 unspecified atom stereocenters. The summed E-state index contributed by atoms with van der Waals surface area (Å²) in [6, 6.07) is 15.1. The molecule has 4 rings (SSSR count). The Bertz CT molecular complexity index is 1220. The van der Waals surface area contributed by atoms with Gasteiger partial charge >= 0.3 is 0 Å². The maximum absolute atomic E-state index is 12.9. The van der Waals surface area contributed by atoms with Gasteiger partial charge in [-0.2, -0.15) is 0 Å². The van der Waals surface area contributed by atoms with Gasteiger partial charge in [0, 0.05) is 6.54 Å². The molecule has 0 bridgehead atoms. The lowest BCUT2D eigenvalue weighted by molar-refractivity contribution is -0.115. The van der Waals surface area contributed by atoms with Gasteiger partial charge in [0.05, 0.1) is 26.4 Å². The average Bonchev–Trinajstić information content (AvgIpc) is 3.14. The second-order valence-electron chi connectivity index (χ2n) is 6.45. The molecule has 0 spiro atoms. The fourth-order valence-electron chi connectivity index (χ4n) is 3.08. The predicted molar refractivity (Wildman–Crippen MR) is 120 cm³/mol. The number of anilines is 1. The van der Waals surface area contributed by atoms with Gasteiger partial charge in [0.15, 0.2) is 10.3 Å². The molecule has 0 fully saturated rings. The molecule has 1 amide bonds. The maximum atomic E-state index is 12.9. The topological polar surface area (TPSA) is 76.9 Å². The molecule has 8 heteroatoms. The number of carbonyl (C=O) groups excluding carboxylic acids is 1. The molecule has 1 atom stereocenters. The van der Waals surface area contributed by atoms with Crippen molar-refractivity contribution in [2.75, 3.05) is 5.32 Å². The predicted octanol–water partition coefficient (Wildman–Crippen LogP) is 4.54. The van der Waals surface area contributed by atoms with Crippen LogP contribution in [0, 0.1) is 0 Å². The number of fused-ring (bicyclic) bond motifs is 2. The third-order valence-electron chi connectivity index (χ3n) is 4.58. The van der Waals surface area contributed by atoms with Gasteiger partial charge in [-0.25, -0.2) is 9.97 Å². The third kappa shape index (κ3) is 3.90. The highest BCUT2D eigenvalue weighted by Crippen LogP contribution is 2.29. The fraction of sp³-hybridized carbons (Fsp3) is 0.238. The first-order valence-corrected chi connectivity index (χ1v) is 11.1. The Hall–Kier alpha value is -2.71. The van der Waals surface area contributed by atoms with E-state index in [1.54, 1.807) is 10.6 Å². The number of rotatable bonds is 6. The molecule has 6 nitrogen and oxygen atoms in total. The van der Waals surface area contributed by atoms with E-state index < -0.39 is 0 Å². The lowest BCUT2D eigenvalue weighted by Gasteiger charge is -2.16. The van der Waals surface area contributed by atoms with Crippen LogP contribution in [0.4, 0.5) is 5.13 Å². The molecule has 0 saturated heterocycles. The quantitative estimate of drug-likeness (QED) is 0.363. The number of amides is 1. The van der Waals surface area contributed by atoms with Crippen LogP contribution in [0.5, 0.6) is 0 Å². The Labute approximate surface area is 176 Å². The zero-order valence-corrected chi connectivity index (χ0v) is 17.7. The largest absolute Gasteiger partial charge is 0.301 e. The molecule has 148 valence electrons. The maximum Gasteiger partial charge on any atom is 0.262 e. The summed E-state index contributed by atoms with van der Waals surface area (Å²) in [5.41, 5.74) is 1.43. The Morgan fingerprint density at radius 3 is 2.55 bits per heavy atom. The van der Waals surface area contributed by atoms with Gasteiger partial charge in [-0.05, 0) is 37.6 Å². The van der Waals surface area contributed by atoms with E-state index in [4.69, 9.17) is 0 Å². The van der Waals surface area contributed by atoms with Crippen molar-refractivity contribution in [1.29, 1.82) is 0 Å². The summed E-state index contributed by atoms with van der Waals surface area (Å²) in [7, 11) is 0. The third-order valence-corrected chi connectivity index (χ3v) is 6.88. The number of aromatic nitrogens is 3. The Balaban J connectivity index is 1.61. The molecule has 0 aliphatic rings. The minimum absolute atomic E-state index is 0.0814. The number of thioether (sulfide) groups is 1. The Kier molecular flexibility index (Phi) is 5.64. The molecule has 2 aromatic heterocycles. The standard InChI is InChI=1S/C21H20N4O2S2/c1-3-16(18(26)24-20-22-15-11-7-8-12-17(15)28-20)29-21-23-14-10-6-5-9-13(14)19(27)25(21)4-2/h5-12,16H,3-4H2,1-2H3,(H,22,24,26). The second-order valence-corrected chi connectivity index (χ2v) is 8.65. The number of thiazole rings is 1. The van der Waals surface area contributed by atoms with Gasteiger partial charge in [0.2, 0.25) is 5.91 Å². The summed E-state index contributed by atoms with van der Waals surface area (Å²) in [6.45, 7) is 4.35. The van der Waals surface area contributed by atoms with Crippen molar-refractivity contribution in [3.05, 3.63) is 58.9 Å². The van der Waals surface area contributed by atoms with Crippen LogP contribution in [0.1, 0.15) is 20.3 Å². The smallest absolute Gasteiger partial charge is 0.262 e. The first kappa shape index (κ1) is 19.6. The number of benzene rings is 2. The van der Waals surface area contributed by atoms with Crippen molar-refractivity contribution >= 4 is 55.3 Å². The molecule has 2 heterocycles. The van der Waals surface area contributed by atoms with Crippen LogP contribution in [0.3, 0.4) is 0 Å². The molecule has 1 N–H and O–H groups in total. The van der Waals surface area contributed by atoms with Crippen molar-refractivity contribution < 1.29 is 4.79 Å². The van der Waals surface area contributed by atoms with Crippen LogP contribution in [0.2, 0.25) is 0 Å². The second kappa shape index (κ2) is 8.34. The summed E-state index contributed by atoms with van der Waals surface area (Å²) < 4.78 is 2.65. The number of para-hydroxylation sites is 2. The van der Waals surface area contributed by atoms with Crippen molar-refractivity contribution in [3.63, 3.8) is 0 Å². The Morgan fingerprint density at radius 2 is 1.83 bits per heavy atom. The van der Waals surface area contributed by atoms with E-state index in [1.165, 1.54) is 23.1 Å². The summed E-state index contributed by atoms with van der Waals surface area (Å²) in [5, 5.41) is 4.27. The monoisotopic (exact) mass is 424 g/mol. The highest BCUT2D eigenvalue weighted by molar-refractivity contribution is 8.00. The summed E-state index contributed by atoms with van der Waals surface area (Å²) in [6.07, 6.45) is 0.605. The van der Waals surface area contributed by atoms with Gasteiger partial charge in [0.1, 0.15) is 0 Å². The van der Waals surface area contributed by atoms with Gasteiger partial charge in [-0.1, -0.05) is 54.3 Å². The lowest BCUT2D eigenvalue weighted by Crippen LogP contribution is -2.27. The zero-order chi connectivity index (χ0) is 20.4. The highest BCUT2D eigenvalue weighted by Gasteiger charge is 2.22. The summed E-state index contributed by atoms with van der Waals surface area (Å²) in [4.78, 5) is 34.8. The van der Waals surface area contributed by atoms with Crippen molar-refractivity contribution in [1.82, 2.24) is 14.5 Å². The first-order valence-electron chi connectivity index (χ1n) is 9.43. The fourth-order valence-corrected chi connectivity index (χ4v) is 5.02. The minimum atomic E-state index is -0.382. The van der Waals surface area contributed by atoms with E-state index in [9.17, 15) is 9.59 Å². The van der Waals surface area contributed by atoms with Crippen molar-refractivity contribution in [2.24, 2.45) is 0 Å². The summed E-state index contributed by atoms with van der Waals surface area (Å²) in [5.74, 6) is -0.137. The molecular formula is C21H20N4O2S2. The molecular weight excluding hydrogens is 404 g/mol. The van der Waals surface area contributed by atoms with E-state index >= 15 is 0 Å². The van der Waals surface area contributed by atoms with Gasteiger partial charge in [-0.15, -0.1) is 0 Å². The number of nitrogens with one attached hydrogen (secondary N) is 1. The number of hydrogen-bond donors (Lipinski definition) is 1. The van der Waals surface area contributed by atoms with Crippen LogP contribution in [0.15, 0.2) is 58.5 Å². The van der Waals surface area contributed by atoms with Gasteiger partial charge in [0.25, 0.3) is 5.56 Å². The minimum Gasteiger partial charge on any atom is -0.301 e.